The molecule has 0 aliphatic carbocycles. The third-order valence-corrected chi connectivity index (χ3v) is 4.74. The number of aryl methyl sites for hydroxylation is 2. The Morgan fingerprint density at radius 3 is 1.67 bits per heavy atom. The normalized spacial score (nSPS) is 10.9. The summed E-state index contributed by atoms with van der Waals surface area (Å²) in [5, 5.41) is 0. The maximum Gasteiger partial charge on any atom is 0.121 e. The second-order valence-corrected chi connectivity index (χ2v) is 6.51. The largest absolute Gasteiger partial charge is 0.496 e. The molecule has 0 saturated heterocycles. The van der Waals surface area contributed by atoms with Crippen LogP contribution in [0.15, 0.2) is 36.4 Å². The quantitative estimate of drug-likeness (QED) is 0.551. The first-order chi connectivity index (χ1) is 11.6. The molecular weight excluding hydrogens is 296 g/mol. The van der Waals surface area contributed by atoms with E-state index in [0.717, 1.165) is 11.5 Å². The van der Waals surface area contributed by atoms with Gasteiger partial charge in [0.2, 0.25) is 0 Å². The molecule has 0 bridgehead atoms. The fraction of sp³-hybridized carbons (Fsp3) is 0.455. The smallest absolute Gasteiger partial charge is 0.121 e. The van der Waals surface area contributed by atoms with Gasteiger partial charge in [0.15, 0.2) is 0 Å². The molecule has 0 N–H and O–H groups in total. The SMILES string of the molecule is CCCCCC(c1ccc(OC)c(C)c1)c1ccc(OC)c(C)c1. The van der Waals surface area contributed by atoms with E-state index in [4.69, 9.17) is 9.47 Å². The van der Waals surface area contributed by atoms with E-state index >= 15 is 0 Å². The first kappa shape index (κ1) is 18.4. The summed E-state index contributed by atoms with van der Waals surface area (Å²) in [5.41, 5.74) is 5.13. The Morgan fingerprint density at radius 1 is 0.792 bits per heavy atom. The first-order valence-electron chi connectivity index (χ1n) is 8.89. The van der Waals surface area contributed by atoms with Gasteiger partial charge in [0.25, 0.3) is 0 Å². The minimum Gasteiger partial charge on any atom is -0.496 e. The zero-order chi connectivity index (χ0) is 17.5. The molecule has 0 fully saturated rings. The molecule has 2 heteroatoms. The summed E-state index contributed by atoms with van der Waals surface area (Å²) in [5.74, 6) is 2.33. The molecule has 0 unspecified atom stereocenters. The molecule has 0 saturated carbocycles. The molecule has 0 atom stereocenters. The predicted octanol–water partition coefficient (Wildman–Crippen LogP) is 6.03. The van der Waals surface area contributed by atoms with Gasteiger partial charge in [0, 0.05) is 5.92 Å². The van der Waals surface area contributed by atoms with Gasteiger partial charge in [-0.3, -0.25) is 0 Å². The van der Waals surface area contributed by atoms with Gasteiger partial charge in [-0.1, -0.05) is 50.5 Å². The van der Waals surface area contributed by atoms with Gasteiger partial charge < -0.3 is 9.47 Å². The summed E-state index contributed by atoms with van der Waals surface area (Å²) in [6.45, 7) is 6.49. The Kier molecular flexibility index (Phi) is 6.72. The van der Waals surface area contributed by atoms with E-state index in [-0.39, 0.29) is 0 Å². The monoisotopic (exact) mass is 326 g/mol. The second-order valence-electron chi connectivity index (χ2n) is 6.51. The number of methoxy groups -OCH3 is 2. The molecular formula is C22H30O2. The number of hydrogen-bond donors (Lipinski definition) is 0. The van der Waals surface area contributed by atoms with E-state index < -0.39 is 0 Å². The van der Waals surface area contributed by atoms with Crippen molar-refractivity contribution in [1.82, 2.24) is 0 Å². The average molecular weight is 326 g/mol. The van der Waals surface area contributed by atoms with Gasteiger partial charge in [-0.15, -0.1) is 0 Å². The van der Waals surface area contributed by atoms with Crippen LogP contribution in [0.2, 0.25) is 0 Å². The van der Waals surface area contributed by atoms with Crippen molar-refractivity contribution in [2.24, 2.45) is 0 Å². The third kappa shape index (κ3) is 4.31. The maximum absolute atomic E-state index is 5.42. The Morgan fingerprint density at radius 2 is 1.29 bits per heavy atom. The van der Waals surface area contributed by atoms with Gasteiger partial charge in [0.1, 0.15) is 11.5 Å². The molecule has 0 aliphatic heterocycles. The van der Waals surface area contributed by atoms with Crippen molar-refractivity contribution in [2.45, 2.75) is 52.4 Å². The highest BCUT2D eigenvalue weighted by molar-refractivity contribution is 5.44. The summed E-state index contributed by atoms with van der Waals surface area (Å²) >= 11 is 0. The lowest BCUT2D eigenvalue weighted by Crippen LogP contribution is -2.03. The van der Waals surface area contributed by atoms with Crippen LogP contribution in [0.4, 0.5) is 0 Å². The van der Waals surface area contributed by atoms with Crippen LogP contribution >= 0.6 is 0 Å². The summed E-state index contributed by atoms with van der Waals surface area (Å²) in [4.78, 5) is 0. The van der Waals surface area contributed by atoms with Crippen LogP contribution in [-0.4, -0.2) is 14.2 Å². The maximum atomic E-state index is 5.42. The Labute approximate surface area is 146 Å². The van der Waals surface area contributed by atoms with Gasteiger partial charge in [-0.25, -0.2) is 0 Å². The molecule has 24 heavy (non-hydrogen) atoms. The second kappa shape index (κ2) is 8.77. The van der Waals surface area contributed by atoms with E-state index in [9.17, 15) is 0 Å². The van der Waals surface area contributed by atoms with Crippen molar-refractivity contribution < 1.29 is 9.47 Å². The fourth-order valence-corrected chi connectivity index (χ4v) is 3.36. The minimum atomic E-state index is 0.422. The standard InChI is InChI=1S/C22H30O2/c1-6-7-8-9-20(18-10-12-21(23-4)16(2)14-18)19-11-13-22(24-5)17(3)15-19/h10-15,20H,6-9H2,1-5H3. The van der Waals surface area contributed by atoms with Crippen LogP contribution < -0.4 is 9.47 Å². The average Bonchev–Trinajstić information content (AvgIpc) is 2.58. The van der Waals surface area contributed by atoms with Crippen LogP contribution in [0.1, 0.15) is 60.8 Å². The van der Waals surface area contributed by atoms with Crippen LogP contribution in [-0.2, 0) is 0 Å². The highest BCUT2D eigenvalue weighted by Gasteiger charge is 2.16. The van der Waals surface area contributed by atoms with Crippen LogP contribution in [0.5, 0.6) is 11.5 Å². The molecule has 2 nitrogen and oxygen atoms in total. The van der Waals surface area contributed by atoms with Crippen molar-refractivity contribution in [3.8, 4) is 11.5 Å². The summed E-state index contributed by atoms with van der Waals surface area (Å²) < 4.78 is 10.8. The number of hydrogen-bond acceptors (Lipinski definition) is 2. The molecule has 2 rings (SSSR count). The minimum absolute atomic E-state index is 0.422. The molecule has 0 spiro atoms. The number of ether oxygens (including phenoxy) is 2. The van der Waals surface area contributed by atoms with Crippen molar-refractivity contribution in [2.75, 3.05) is 14.2 Å². The highest BCUT2D eigenvalue weighted by Crippen LogP contribution is 2.34. The molecule has 0 aliphatic rings. The molecule has 0 heterocycles. The third-order valence-electron chi connectivity index (χ3n) is 4.74. The molecule has 0 radical (unpaired) electrons. The lowest BCUT2D eigenvalue weighted by atomic mass is 9.85. The van der Waals surface area contributed by atoms with Gasteiger partial charge in [-0.2, -0.15) is 0 Å². The topological polar surface area (TPSA) is 18.5 Å². The summed E-state index contributed by atoms with van der Waals surface area (Å²) in [6.07, 6.45) is 4.94. The lowest BCUT2D eigenvalue weighted by molar-refractivity contribution is 0.411. The van der Waals surface area contributed by atoms with Gasteiger partial charge >= 0.3 is 0 Å². The van der Waals surface area contributed by atoms with Crippen molar-refractivity contribution >= 4 is 0 Å². The Balaban J connectivity index is 2.37. The number of benzene rings is 2. The molecule has 130 valence electrons. The van der Waals surface area contributed by atoms with E-state index in [1.165, 1.54) is 47.9 Å². The van der Waals surface area contributed by atoms with E-state index in [2.05, 4.69) is 57.2 Å². The van der Waals surface area contributed by atoms with Crippen LogP contribution in [0.3, 0.4) is 0 Å². The van der Waals surface area contributed by atoms with Crippen LogP contribution in [0.25, 0.3) is 0 Å². The fourth-order valence-electron chi connectivity index (χ4n) is 3.36. The highest BCUT2D eigenvalue weighted by atomic mass is 16.5. The van der Waals surface area contributed by atoms with Gasteiger partial charge in [-0.05, 0) is 54.7 Å². The first-order valence-corrected chi connectivity index (χ1v) is 8.89. The predicted molar refractivity (Wildman–Crippen MR) is 101 cm³/mol. The molecule has 0 amide bonds. The van der Waals surface area contributed by atoms with Gasteiger partial charge in [0.05, 0.1) is 14.2 Å². The van der Waals surface area contributed by atoms with E-state index in [1.54, 1.807) is 14.2 Å². The van der Waals surface area contributed by atoms with Crippen molar-refractivity contribution in [3.05, 3.63) is 58.7 Å². The Hall–Kier alpha value is -1.96. The number of rotatable bonds is 8. The van der Waals surface area contributed by atoms with E-state index in [1.807, 2.05) is 0 Å². The molecule has 2 aromatic rings. The number of unbranched alkanes of at least 4 members (excludes halogenated alkanes) is 2. The van der Waals surface area contributed by atoms with Crippen molar-refractivity contribution in [3.63, 3.8) is 0 Å². The lowest BCUT2D eigenvalue weighted by Gasteiger charge is -2.20. The van der Waals surface area contributed by atoms with Crippen molar-refractivity contribution in [1.29, 1.82) is 0 Å². The van der Waals surface area contributed by atoms with E-state index in [0.29, 0.717) is 5.92 Å². The molecule has 0 aromatic heterocycles. The van der Waals surface area contributed by atoms with Crippen LogP contribution in [0, 0.1) is 13.8 Å². The zero-order valence-corrected chi connectivity index (χ0v) is 15.7. The molecule has 2 aromatic carbocycles. The summed E-state index contributed by atoms with van der Waals surface area (Å²) in [7, 11) is 3.46. The summed E-state index contributed by atoms with van der Waals surface area (Å²) in [6, 6.07) is 13.1. The Bertz CT molecular complexity index is 608. The zero-order valence-electron chi connectivity index (χ0n) is 15.7.